The Labute approximate surface area is 162 Å². The van der Waals surface area contributed by atoms with E-state index in [2.05, 4.69) is 30.2 Å². The van der Waals surface area contributed by atoms with Crippen molar-refractivity contribution in [2.24, 2.45) is 0 Å². The van der Waals surface area contributed by atoms with Crippen molar-refractivity contribution < 1.29 is 19.0 Å². The van der Waals surface area contributed by atoms with E-state index in [4.69, 9.17) is 20.6 Å². The summed E-state index contributed by atoms with van der Waals surface area (Å²) in [5.74, 6) is 3.46. The number of carbonyl (C=O) groups excluding carboxylic acids is 1. The van der Waals surface area contributed by atoms with Gasteiger partial charge in [0.25, 0.3) is 5.91 Å². The van der Waals surface area contributed by atoms with Crippen molar-refractivity contribution in [2.75, 3.05) is 41.5 Å². The molecule has 0 bridgehead atoms. The summed E-state index contributed by atoms with van der Waals surface area (Å²) in [5, 5.41) is 3.09. The predicted octanol–water partition coefficient (Wildman–Crippen LogP) is 2.71. The molecular weight excluding hydrogens is 344 g/mol. The van der Waals surface area contributed by atoms with Gasteiger partial charge in [-0.1, -0.05) is 25.2 Å². The van der Waals surface area contributed by atoms with Crippen molar-refractivity contribution in [3.05, 3.63) is 17.7 Å². The molecule has 6 heteroatoms. The van der Waals surface area contributed by atoms with Crippen LogP contribution in [0, 0.1) is 12.3 Å². The molecule has 1 aromatic rings. The van der Waals surface area contributed by atoms with Gasteiger partial charge in [-0.05, 0) is 39.1 Å². The molecule has 0 heterocycles. The summed E-state index contributed by atoms with van der Waals surface area (Å²) in [5.41, 5.74) is 0.472. The van der Waals surface area contributed by atoms with Crippen molar-refractivity contribution in [1.82, 2.24) is 10.2 Å². The Morgan fingerprint density at radius 1 is 1.19 bits per heavy atom. The maximum absolute atomic E-state index is 12.8. The van der Waals surface area contributed by atoms with Crippen LogP contribution in [0.5, 0.6) is 17.2 Å². The molecule has 1 aromatic carbocycles. The molecule has 0 saturated heterocycles. The molecule has 0 atom stereocenters. The highest BCUT2D eigenvalue weighted by molar-refractivity contribution is 5.95. The van der Waals surface area contributed by atoms with Crippen LogP contribution in [0.1, 0.15) is 42.5 Å². The molecule has 0 spiro atoms. The van der Waals surface area contributed by atoms with E-state index in [1.54, 1.807) is 12.1 Å². The average Bonchev–Trinajstić information content (AvgIpc) is 2.70. The summed E-state index contributed by atoms with van der Waals surface area (Å²) in [6, 6.07) is 3.29. The topological polar surface area (TPSA) is 60.0 Å². The molecule has 0 aliphatic heterocycles. The van der Waals surface area contributed by atoms with E-state index in [0.29, 0.717) is 29.4 Å². The van der Waals surface area contributed by atoms with Gasteiger partial charge in [0, 0.05) is 17.6 Å². The lowest BCUT2D eigenvalue weighted by atomic mass is 9.80. The lowest BCUT2D eigenvalue weighted by molar-refractivity contribution is 0.0799. The first-order chi connectivity index (χ1) is 13.0. The standard InChI is InChI=1S/C21H30N2O4/c1-6-12-27-19-17(25-4)13-16(14-18(19)26-5)20(24)22-15-21(23(2)3)10-8-7-9-11-21/h1,13-14H,7-12,15H2,2-5H3,(H,22,24). The summed E-state index contributed by atoms with van der Waals surface area (Å²) < 4.78 is 16.2. The zero-order valence-electron chi connectivity index (χ0n) is 16.8. The molecule has 27 heavy (non-hydrogen) atoms. The minimum atomic E-state index is -0.165. The number of likely N-dealkylation sites (N-methyl/N-ethyl adjacent to an activating group) is 1. The molecule has 0 radical (unpaired) electrons. The lowest BCUT2D eigenvalue weighted by Crippen LogP contribution is -2.53. The molecule has 2 rings (SSSR count). The third-order valence-electron chi connectivity index (χ3n) is 5.33. The quantitative estimate of drug-likeness (QED) is 0.709. The molecule has 1 amide bonds. The Bertz CT molecular complexity index is 663. The van der Waals surface area contributed by atoms with Crippen LogP contribution in [-0.2, 0) is 0 Å². The van der Waals surface area contributed by atoms with Crippen molar-refractivity contribution in [1.29, 1.82) is 0 Å². The van der Waals surface area contributed by atoms with Gasteiger partial charge >= 0.3 is 0 Å². The second-order valence-corrected chi connectivity index (χ2v) is 7.06. The van der Waals surface area contributed by atoms with Gasteiger partial charge in [-0.3, -0.25) is 4.79 Å². The van der Waals surface area contributed by atoms with Gasteiger partial charge in [0.15, 0.2) is 11.5 Å². The molecule has 6 nitrogen and oxygen atoms in total. The fourth-order valence-electron chi connectivity index (χ4n) is 3.61. The first-order valence-electron chi connectivity index (χ1n) is 9.25. The maximum atomic E-state index is 12.8. The zero-order chi connectivity index (χ0) is 19.9. The van der Waals surface area contributed by atoms with Gasteiger partial charge in [0.2, 0.25) is 5.75 Å². The van der Waals surface area contributed by atoms with E-state index in [9.17, 15) is 4.79 Å². The molecule has 1 aliphatic carbocycles. The van der Waals surface area contributed by atoms with E-state index >= 15 is 0 Å². The SMILES string of the molecule is C#CCOc1c(OC)cc(C(=O)NCC2(N(C)C)CCCCC2)cc1OC. The van der Waals surface area contributed by atoms with Gasteiger partial charge < -0.3 is 24.4 Å². The molecule has 1 aliphatic rings. The number of hydrogen-bond donors (Lipinski definition) is 1. The molecular formula is C21H30N2O4. The number of nitrogens with zero attached hydrogens (tertiary/aromatic N) is 1. The number of amides is 1. The number of terminal acetylenes is 1. The summed E-state index contributed by atoms with van der Waals surface area (Å²) in [6.07, 6.45) is 11.1. The van der Waals surface area contributed by atoms with Crippen LogP contribution < -0.4 is 19.5 Å². The van der Waals surface area contributed by atoms with Crippen LogP contribution in [0.25, 0.3) is 0 Å². The Morgan fingerprint density at radius 2 is 1.78 bits per heavy atom. The molecule has 1 N–H and O–H groups in total. The van der Waals surface area contributed by atoms with Gasteiger partial charge in [0.1, 0.15) is 6.61 Å². The second-order valence-electron chi connectivity index (χ2n) is 7.06. The summed E-state index contributed by atoms with van der Waals surface area (Å²) in [6.45, 7) is 0.697. The fraction of sp³-hybridized carbons (Fsp3) is 0.571. The van der Waals surface area contributed by atoms with Crippen LogP contribution in [-0.4, -0.2) is 57.8 Å². The first kappa shape index (κ1) is 20.9. The van der Waals surface area contributed by atoms with Crippen LogP contribution in [0.15, 0.2) is 12.1 Å². The van der Waals surface area contributed by atoms with Gasteiger partial charge in [-0.2, -0.15) is 0 Å². The van der Waals surface area contributed by atoms with Crippen molar-refractivity contribution >= 4 is 5.91 Å². The summed E-state index contributed by atoms with van der Waals surface area (Å²) in [7, 11) is 7.20. The monoisotopic (exact) mass is 374 g/mol. The highest BCUT2D eigenvalue weighted by Gasteiger charge is 2.34. The third-order valence-corrected chi connectivity index (χ3v) is 5.33. The van der Waals surface area contributed by atoms with Crippen molar-refractivity contribution in [3.8, 4) is 29.6 Å². The van der Waals surface area contributed by atoms with Crippen LogP contribution in [0.3, 0.4) is 0 Å². The zero-order valence-corrected chi connectivity index (χ0v) is 16.8. The summed E-state index contributed by atoms with van der Waals surface area (Å²) >= 11 is 0. The number of hydrogen-bond acceptors (Lipinski definition) is 5. The number of carbonyl (C=O) groups is 1. The van der Waals surface area contributed by atoms with Crippen LogP contribution in [0.4, 0.5) is 0 Å². The van der Waals surface area contributed by atoms with Gasteiger partial charge in [-0.15, -0.1) is 6.42 Å². The first-order valence-corrected chi connectivity index (χ1v) is 9.25. The molecule has 0 aromatic heterocycles. The highest BCUT2D eigenvalue weighted by atomic mass is 16.5. The van der Waals surface area contributed by atoms with Crippen LogP contribution >= 0.6 is 0 Å². The Balaban J connectivity index is 2.19. The van der Waals surface area contributed by atoms with E-state index in [0.717, 1.165) is 12.8 Å². The van der Waals surface area contributed by atoms with E-state index in [-0.39, 0.29) is 18.1 Å². The van der Waals surface area contributed by atoms with Gasteiger partial charge in [0.05, 0.1) is 14.2 Å². The Hall–Kier alpha value is -2.39. The van der Waals surface area contributed by atoms with Crippen molar-refractivity contribution in [2.45, 2.75) is 37.6 Å². The predicted molar refractivity (Wildman–Crippen MR) is 106 cm³/mol. The lowest BCUT2D eigenvalue weighted by Gasteiger charge is -2.43. The third kappa shape index (κ3) is 4.86. The Kier molecular flexibility index (Phi) is 7.37. The molecule has 1 saturated carbocycles. The van der Waals surface area contributed by atoms with Crippen molar-refractivity contribution in [3.63, 3.8) is 0 Å². The number of nitrogens with one attached hydrogen (secondary N) is 1. The largest absolute Gasteiger partial charge is 0.493 e. The van der Waals surface area contributed by atoms with Gasteiger partial charge in [-0.25, -0.2) is 0 Å². The maximum Gasteiger partial charge on any atom is 0.251 e. The Morgan fingerprint density at radius 3 is 2.26 bits per heavy atom. The number of ether oxygens (including phenoxy) is 3. The smallest absolute Gasteiger partial charge is 0.251 e. The number of methoxy groups -OCH3 is 2. The van der Waals surface area contributed by atoms with E-state index < -0.39 is 0 Å². The molecule has 0 unspecified atom stereocenters. The minimum absolute atomic E-state index is 0.0118. The fourth-order valence-corrected chi connectivity index (χ4v) is 3.61. The average molecular weight is 374 g/mol. The minimum Gasteiger partial charge on any atom is -0.493 e. The van der Waals surface area contributed by atoms with E-state index in [1.165, 1.54) is 33.5 Å². The summed E-state index contributed by atoms with van der Waals surface area (Å²) in [4.78, 5) is 15.0. The van der Waals surface area contributed by atoms with Crippen LogP contribution in [0.2, 0.25) is 0 Å². The normalized spacial score (nSPS) is 15.7. The number of rotatable bonds is 8. The number of benzene rings is 1. The molecule has 148 valence electrons. The highest BCUT2D eigenvalue weighted by Crippen LogP contribution is 2.38. The molecule has 1 fully saturated rings. The van der Waals surface area contributed by atoms with E-state index in [1.807, 2.05) is 0 Å². The second kappa shape index (κ2) is 9.52.